The highest BCUT2D eigenvalue weighted by Crippen LogP contribution is 2.84. The summed E-state index contributed by atoms with van der Waals surface area (Å²) in [5.41, 5.74) is -4.67. The summed E-state index contributed by atoms with van der Waals surface area (Å²) >= 11 is 0. The molecule has 12 rings (SSSR count). The van der Waals surface area contributed by atoms with Gasteiger partial charge in [0.2, 0.25) is 0 Å². The van der Waals surface area contributed by atoms with Crippen LogP contribution in [0.4, 0.5) is 0 Å². The fourth-order valence-corrected chi connectivity index (χ4v) is 19.4. The lowest BCUT2D eigenvalue weighted by atomic mass is 9.37. The zero-order chi connectivity index (χ0) is 46.7. The van der Waals surface area contributed by atoms with Gasteiger partial charge in [0.15, 0.2) is 0 Å². The Morgan fingerprint density at radius 2 is 1.35 bits per heavy atom. The van der Waals surface area contributed by atoms with E-state index in [-0.39, 0.29) is 100 Å². The highest BCUT2D eigenvalue weighted by atomic mass is 16.6. The van der Waals surface area contributed by atoms with Crippen LogP contribution in [-0.2, 0) is 52.5 Å². The number of nitrogens with zero attached hydrogens (tertiary/aromatic N) is 2. The Morgan fingerprint density at radius 3 is 1.92 bits per heavy atom. The van der Waals surface area contributed by atoms with Crippen LogP contribution in [0.25, 0.3) is 0 Å². The van der Waals surface area contributed by atoms with Crippen molar-refractivity contribution in [3.8, 4) is 12.1 Å². The summed E-state index contributed by atoms with van der Waals surface area (Å²) in [4.78, 5) is 76.7. The number of esters is 3. The molecule has 14 nitrogen and oxygen atoms in total. The number of nitriles is 2. The number of fused-ring (bicyclic) bond motifs is 11. The molecule has 12 fully saturated rings. The van der Waals surface area contributed by atoms with Gasteiger partial charge in [-0.1, -0.05) is 27.7 Å². The van der Waals surface area contributed by atoms with E-state index in [1.165, 1.54) is 7.11 Å². The molecule has 9 saturated carbocycles. The second-order valence-corrected chi connectivity index (χ2v) is 23.5. The van der Waals surface area contributed by atoms with Gasteiger partial charge in [-0.3, -0.25) is 28.8 Å². The number of hydrogen-bond donors (Lipinski definition) is 1. The fourth-order valence-electron chi connectivity index (χ4n) is 19.4. The third-order valence-electron chi connectivity index (χ3n) is 22.4. The number of carbonyl (C=O) groups excluding carboxylic acids is 6. The van der Waals surface area contributed by atoms with Crippen molar-refractivity contribution in [2.24, 2.45) is 79.8 Å². The lowest BCUT2D eigenvalue weighted by molar-refractivity contribution is -0.232. The van der Waals surface area contributed by atoms with Crippen LogP contribution in [0.2, 0.25) is 0 Å². The number of aliphatic hydroxyl groups excluding tert-OH is 1. The highest BCUT2D eigenvalue weighted by molar-refractivity contribution is 6.08. The fraction of sp³-hybridized carbons (Fsp3) is 0.843. The third kappa shape index (κ3) is 5.05. The molecular weight excluding hydrogens is 833 g/mol. The number of rotatable bonds is 2. The molecule has 14 heteroatoms. The van der Waals surface area contributed by atoms with Gasteiger partial charge >= 0.3 is 17.9 Å². The number of methoxy groups -OCH3 is 2. The molecule has 65 heavy (non-hydrogen) atoms. The van der Waals surface area contributed by atoms with E-state index in [2.05, 4.69) is 39.8 Å². The Hall–Kier alpha value is -3.72. The molecule has 15 unspecified atom stereocenters. The van der Waals surface area contributed by atoms with Crippen LogP contribution in [-0.4, -0.2) is 90.7 Å². The van der Waals surface area contributed by atoms with Crippen molar-refractivity contribution >= 4 is 35.3 Å². The molecule has 19 atom stereocenters. The predicted molar refractivity (Wildman–Crippen MR) is 226 cm³/mol. The Kier molecular flexibility index (Phi) is 9.83. The van der Waals surface area contributed by atoms with Gasteiger partial charge in [0.1, 0.15) is 34.2 Å². The number of carbonyl (C=O) groups is 6. The van der Waals surface area contributed by atoms with Gasteiger partial charge in [-0.25, -0.2) is 0 Å². The molecule has 0 aromatic carbocycles. The van der Waals surface area contributed by atoms with Gasteiger partial charge in [-0.05, 0) is 106 Å². The molecule has 3 aliphatic heterocycles. The number of aliphatic hydroxyl groups is 1. The maximum absolute atomic E-state index is 13.7. The average Bonchev–Trinajstić information content (AvgIpc) is 3.65. The van der Waals surface area contributed by atoms with Crippen LogP contribution >= 0.6 is 0 Å². The van der Waals surface area contributed by atoms with Crippen molar-refractivity contribution in [3.63, 3.8) is 0 Å². The first-order valence-corrected chi connectivity index (χ1v) is 24.4. The predicted octanol–water partition coefficient (Wildman–Crippen LogP) is 5.93. The van der Waals surface area contributed by atoms with Crippen LogP contribution < -0.4 is 0 Å². The first-order chi connectivity index (χ1) is 30.8. The highest BCUT2D eigenvalue weighted by Gasteiger charge is 2.90. The summed E-state index contributed by atoms with van der Waals surface area (Å²) in [7, 11) is 4.11. The summed E-state index contributed by atoms with van der Waals surface area (Å²) in [6.45, 7) is 8.77. The molecule has 352 valence electrons. The number of ketones is 3. The maximum Gasteiger partial charge on any atom is 0.309 e. The van der Waals surface area contributed by atoms with Gasteiger partial charge in [-0.2, -0.15) is 10.5 Å². The van der Waals surface area contributed by atoms with Crippen LogP contribution in [0.5, 0.6) is 0 Å². The lowest BCUT2D eigenvalue weighted by Crippen LogP contribution is -2.67. The second kappa shape index (κ2) is 14.2. The SMILES string of the molecule is CO.COC(=O)C1CC2(C#N)CC(=O)CC[C@]2(C)C2C(OC)C[C@@]3(C)C(CCC34CCC(=O)O4)C12.C[C@]12CCC(=O)C3C(=O)C(CC31C#N)C1C3CCC4(CCC(=O)O4)[C@@]3(C)CC3OC312. The third-order valence-corrected chi connectivity index (χ3v) is 22.4. The molecule has 3 spiro atoms. The second-order valence-electron chi connectivity index (χ2n) is 23.5. The Labute approximate surface area is 381 Å². The molecule has 3 heterocycles. The molecule has 12 aliphatic rings. The zero-order valence-electron chi connectivity index (χ0n) is 39.1. The van der Waals surface area contributed by atoms with Gasteiger partial charge in [0.05, 0.1) is 54.1 Å². The Balaban J connectivity index is 0.000000148. The largest absolute Gasteiger partial charge is 0.469 e. The monoisotopic (exact) mass is 898 g/mol. The molecule has 0 radical (unpaired) electrons. The first kappa shape index (κ1) is 45.1. The van der Waals surface area contributed by atoms with Crippen molar-refractivity contribution in [3.05, 3.63) is 0 Å². The van der Waals surface area contributed by atoms with E-state index in [0.717, 1.165) is 52.1 Å². The van der Waals surface area contributed by atoms with Gasteiger partial charge < -0.3 is 28.8 Å². The van der Waals surface area contributed by atoms with Crippen molar-refractivity contribution < 1.29 is 57.6 Å². The Morgan fingerprint density at radius 1 is 0.723 bits per heavy atom. The smallest absolute Gasteiger partial charge is 0.309 e. The molecule has 1 N–H and O–H groups in total. The summed E-state index contributed by atoms with van der Waals surface area (Å²) in [6, 6.07) is 5.08. The quantitative estimate of drug-likeness (QED) is 0.147. The lowest BCUT2D eigenvalue weighted by Gasteiger charge is -2.66. The topological polar surface area (TPSA) is 220 Å². The number of epoxide rings is 1. The van der Waals surface area contributed by atoms with Gasteiger partial charge in [0.25, 0.3) is 0 Å². The Bertz CT molecular complexity index is 2250. The zero-order valence-corrected chi connectivity index (χ0v) is 39.1. The number of Topliss-reactive ketones (excluding diaryl/α,β-unsaturated/α-hetero) is 3. The van der Waals surface area contributed by atoms with Crippen LogP contribution in [0.15, 0.2) is 0 Å². The summed E-state index contributed by atoms with van der Waals surface area (Å²) in [6.07, 6.45) is 10.3. The van der Waals surface area contributed by atoms with Crippen molar-refractivity contribution in [1.29, 1.82) is 10.5 Å². The van der Waals surface area contributed by atoms with Gasteiger partial charge in [0, 0.05) is 74.4 Å². The van der Waals surface area contributed by atoms with Crippen molar-refractivity contribution in [2.45, 2.75) is 166 Å². The normalized spacial score (nSPS) is 54.4. The van der Waals surface area contributed by atoms with Crippen LogP contribution in [0, 0.1) is 102 Å². The van der Waals surface area contributed by atoms with E-state index < -0.39 is 50.3 Å². The minimum absolute atomic E-state index is 0.00258. The molecular formula is C51H66N2O12. The molecule has 9 aliphatic carbocycles. The molecule has 0 aromatic rings. The number of ether oxygens (including phenoxy) is 5. The minimum Gasteiger partial charge on any atom is -0.469 e. The maximum atomic E-state index is 13.7. The van der Waals surface area contributed by atoms with E-state index in [1.807, 2.05) is 0 Å². The van der Waals surface area contributed by atoms with Crippen molar-refractivity contribution in [1.82, 2.24) is 0 Å². The van der Waals surface area contributed by atoms with Crippen LogP contribution in [0.3, 0.4) is 0 Å². The summed E-state index contributed by atoms with van der Waals surface area (Å²) < 4.78 is 30.2. The van der Waals surface area contributed by atoms with E-state index >= 15 is 0 Å². The van der Waals surface area contributed by atoms with E-state index in [0.29, 0.717) is 57.8 Å². The standard InChI is InChI=1S/C26H35NO6.C24H27NO5.CH4O/c1-23-8-5-15(28)11-25(23,14-27)12-16(22(30)32-4)20-17-6-9-26(10-7-19(29)33-26)24(17,2)13-18(31-3)21(20)23;1-20-10-15-24(29-15)17(13(20)3-7-23(20)8-5-16(27)30-23)12-9-22(11-25)18(19(12)28)14(26)4-6-21(22,24)2;1-2/h16-18,20-21H,5-13H2,1-4H3;12-13,15,17-18H,3-10H2,1-2H3;2H,1H3/t16?,17?,18?,20?,21?,23-,24+,25?,26?;12?,13?,15?,17?,18?,20-,21-,22?,23?,24?;/m10./s1. The molecule has 0 aromatic heterocycles. The summed E-state index contributed by atoms with van der Waals surface area (Å²) in [5, 5.41) is 27.8. The molecule has 0 amide bonds. The number of hydrogen-bond acceptors (Lipinski definition) is 14. The van der Waals surface area contributed by atoms with E-state index in [9.17, 15) is 39.3 Å². The van der Waals surface area contributed by atoms with Crippen LogP contribution in [0.1, 0.15) is 137 Å². The van der Waals surface area contributed by atoms with Gasteiger partial charge in [-0.15, -0.1) is 0 Å². The summed E-state index contributed by atoms with van der Waals surface area (Å²) in [5.74, 6) is -1.71. The van der Waals surface area contributed by atoms with E-state index in [1.54, 1.807) is 7.11 Å². The van der Waals surface area contributed by atoms with Crippen molar-refractivity contribution in [2.75, 3.05) is 21.3 Å². The average molecular weight is 899 g/mol. The first-order valence-electron chi connectivity index (χ1n) is 24.4. The minimum atomic E-state index is -0.917. The van der Waals surface area contributed by atoms with E-state index in [4.69, 9.17) is 28.8 Å². The molecule has 2 bridgehead atoms. The molecule has 3 saturated heterocycles.